The SMILES string of the molecule is COCc1noc(N)c1Cc1ccccc1. The van der Waals surface area contributed by atoms with E-state index in [0.29, 0.717) is 12.5 Å². The van der Waals surface area contributed by atoms with Crippen LogP contribution < -0.4 is 5.73 Å². The highest BCUT2D eigenvalue weighted by atomic mass is 16.5. The summed E-state index contributed by atoms with van der Waals surface area (Å²) in [6.07, 6.45) is 0.717. The second-order valence-corrected chi connectivity index (χ2v) is 3.57. The molecule has 0 saturated heterocycles. The molecule has 2 N–H and O–H groups in total. The van der Waals surface area contributed by atoms with Gasteiger partial charge in [0.05, 0.1) is 6.61 Å². The highest BCUT2D eigenvalue weighted by Gasteiger charge is 2.13. The smallest absolute Gasteiger partial charge is 0.225 e. The average molecular weight is 218 g/mol. The fourth-order valence-electron chi connectivity index (χ4n) is 1.60. The molecule has 0 amide bonds. The number of benzene rings is 1. The lowest BCUT2D eigenvalue weighted by atomic mass is 10.1. The summed E-state index contributed by atoms with van der Waals surface area (Å²) >= 11 is 0. The Kier molecular flexibility index (Phi) is 3.22. The van der Waals surface area contributed by atoms with Crippen molar-refractivity contribution in [1.82, 2.24) is 5.16 Å². The molecule has 0 unspecified atom stereocenters. The predicted molar refractivity (Wildman–Crippen MR) is 60.9 cm³/mol. The van der Waals surface area contributed by atoms with E-state index in [1.165, 1.54) is 5.56 Å². The number of rotatable bonds is 4. The molecule has 2 rings (SSSR count). The molecule has 0 radical (unpaired) electrons. The van der Waals surface area contributed by atoms with Crippen molar-refractivity contribution < 1.29 is 9.26 Å². The van der Waals surface area contributed by atoms with Crippen LogP contribution in [-0.2, 0) is 17.8 Å². The molecule has 4 nitrogen and oxygen atoms in total. The first-order valence-electron chi connectivity index (χ1n) is 5.07. The Bertz CT molecular complexity index is 451. The minimum Gasteiger partial charge on any atom is -0.378 e. The van der Waals surface area contributed by atoms with Crippen LogP contribution >= 0.6 is 0 Å². The minimum absolute atomic E-state index is 0.371. The summed E-state index contributed by atoms with van der Waals surface area (Å²) < 4.78 is 10.0. The number of anilines is 1. The summed E-state index contributed by atoms with van der Waals surface area (Å²) in [5, 5.41) is 3.88. The summed E-state index contributed by atoms with van der Waals surface area (Å²) in [6, 6.07) is 10.1. The summed E-state index contributed by atoms with van der Waals surface area (Å²) in [4.78, 5) is 0. The number of methoxy groups -OCH3 is 1. The van der Waals surface area contributed by atoms with Crippen LogP contribution in [0.15, 0.2) is 34.9 Å². The minimum atomic E-state index is 0.371. The van der Waals surface area contributed by atoms with Crippen molar-refractivity contribution in [2.45, 2.75) is 13.0 Å². The largest absolute Gasteiger partial charge is 0.378 e. The highest BCUT2D eigenvalue weighted by molar-refractivity contribution is 5.42. The van der Waals surface area contributed by atoms with E-state index >= 15 is 0 Å². The van der Waals surface area contributed by atoms with Gasteiger partial charge in [-0.1, -0.05) is 35.5 Å². The summed E-state index contributed by atoms with van der Waals surface area (Å²) in [5.74, 6) is 0.371. The molecule has 0 bridgehead atoms. The average Bonchev–Trinajstić information content (AvgIpc) is 2.64. The second kappa shape index (κ2) is 4.81. The first-order chi connectivity index (χ1) is 7.81. The fraction of sp³-hybridized carbons (Fsp3) is 0.250. The topological polar surface area (TPSA) is 61.3 Å². The van der Waals surface area contributed by atoms with Crippen LogP contribution in [0.2, 0.25) is 0 Å². The molecule has 4 heteroatoms. The van der Waals surface area contributed by atoms with Crippen molar-refractivity contribution in [2.24, 2.45) is 0 Å². The van der Waals surface area contributed by atoms with Gasteiger partial charge in [-0.3, -0.25) is 0 Å². The van der Waals surface area contributed by atoms with Gasteiger partial charge in [0.15, 0.2) is 0 Å². The Hall–Kier alpha value is -1.81. The molecule has 2 aromatic rings. The zero-order valence-electron chi connectivity index (χ0n) is 9.14. The third kappa shape index (κ3) is 2.23. The zero-order valence-corrected chi connectivity index (χ0v) is 9.14. The first-order valence-corrected chi connectivity index (χ1v) is 5.07. The third-order valence-electron chi connectivity index (χ3n) is 2.40. The summed E-state index contributed by atoms with van der Waals surface area (Å²) in [7, 11) is 1.62. The standard InChI is InChI=1S/C12H14N2O2/c1-15-8-11-10(12(13)16-14-11)7-9-5-3-2-4-6-9/h2-6H,7-8,13H2,1H3. The fourth-order valence-corrected chi connectivity index (χ4v) is 1.60. The zero-order chi connectivity index (χ0) is 11.4. The quantitative estimate of drug-likeness (QED) is 0.852. The molecule has 0 aliphatic heterocycles. The van der Waals surface area contributed by atoms with Gasteiger partial charge in [0, 0.05) is 19.1 Å². The van der Waals surface area contributed by atoms with Gasteiger partial charge in [-0.15, -0.1) is 0 Å². The Labute approximate surface area is 94.0 Å². The van der Waals surface area contributed by atoms with E-state index in [4.69, 9.17) is 15.0 Å². The molecule has 1 aromatic carbocycles. The number of hydrogen-bond acceptors (Lipinski definition) is 4. The van der Waals surface area contributed by atoms with Crippen molar-refractivity contribution in [3.63, 3.8) is 0 Å². The van der Waals surface area contributed by atoms with Crippen LogP contribution in [0.3, 0.4) is 0 Å². The van der Waals surface area contributed by atoms with Crippen LogP contribution in [0.4, 0.5) is 5.88 Å². The van der Waals surface area contributed by atoms with Gasteiger partial charge in [-0.2, -0.15) is 0 Å². The van der Waals surface area contributed by atoms with E-state index in [1.807, 2.05) is 30.3 Å². The van der Waals surface area contributed by atoms with Gasteiger partial charge >= 0.3 is 0 Å². The molecule has 84 valence electrons. The van der Waals surface area contributed by atoms with Crippen LogP contribution in [0.25, 0.3) is 0 Å². The normalized spacial score (nSPS) is 10.6. The summed E-state index contributed by atoms with van der Waals surface area (Å²) in [6.45, 7) is 0.420. The van der Waals surface area contributed by atoms with E-state index in [9.17, 15) is 0 Å². The van der Waals surface area contributed by atoms with Crippen molar-refractivity contribution in [1.29, 1.82) is 0 Å². The molecule has 0 spiro atoms. The maximum atomic E-state index is 5.73. The first kappa shape index (κ1) is 10.7. The van der Waals surface area contributed by atoms with Gasteiger partial charge < -0.3 is 15.0 Å². The maximum absolute atomic E-state index is 5.73. The molecule has 0 saturated carbocycles. The highest BCUT2D eigenvalue weighted by Crippen LogP contribution is 2.20. The number of aromatic nitrogens is 1. The monoisotopic (exact) mass is 218 g/mol. The van der Waals surface area contributed by atoms with Gasteiger partial charge in [0.1, 0.15) is 5.69 Å². The summed E-state index contributed by atoms with van der Waals surface area (Å²) in [5.41, 5.74) is 8.59. The van der Waals surface area contributed by atoms with E-state index in [-0.39, 0.29) is 0 Å². The van der Waals surface area contributed by atoms with Gasteiger partial charge in [0.2, 0.25) is 5.88 Å². The van der Waals surface area contributed by atoms with E-state index in [2.05, 4.69) is 5.16 Å². The number of nitrogen functional groups attached to an aromatic ring is 1. The third-order valence-corrected chi connectivity index (χ3v) is 2.40. The molecule has 0 fully saturated rings. The van der Waals surface area contributed by atoms with Crippen LogP contribution in [0.1, 0.15) is 16.8 Å². The molecule has 0 atom stereocenters. The van der Waals surface area contributed by atoms with E-state index in [1.54, 1.807) is 7.11 Å². The molecule has 16 heavy (non-hydrogen) atoms. The Morgan fingerprint density at radius 2 is 2.06 bits per heavy atom. The van der Waals surface area contributed by atoms with Crippen LogP contribution in [0, 0.1) is 0 Å². The number of hydrogen-bond donors (Lipinski definition) is 1. The Morgan fingerprint density at radius 1 is 1.31 bits per heavy atom. The van der Waals surface area contributed by atoms with Crippen molar-refractivity contribution >= 4 is 5.88 Å². The molecule has 1 aromatic heterocycles. The number of nitrogens with two attached hydrogens (primary N) is 1. The van der Waals surface area contributed by atoms with Crippen molar-refractivity contribution in [3.05, 3.63) is 47.2 Å². The van der Waals surface area contributed by atoms with Gasteiger partial charge in [-0.25, -0.2) is 0 Å². The number of ether oxygens (including phenoxy) is 1. The van der Waals surface area contributed by atoms with Gasteiger partial charge in [0.25, 0.3) is 0 Å². The molecular formula is C12H14N2O2. The molecular weight excluding hydrogens is 204 g/mol. The Balaban J connectivity index is 2.23. The molecule has 0 aliphatic rings. The van der Waals surface area contributed by atoms with Crippen LogP contribution in [-0.4, -0.2) is 12.3 Å². The second-order valence-electron chi connectivity index (χ2n) is 3.57. The lowest BCUT2D eigenvalue weighted by Crippen LogP contribution is -1.98. The van der Waals surface area contributed by atoms with Crippen LogP contribution in [0.5, 0.6) is 0 Å². The molecule has 0 aliphatic carbocycles. The van der Waals surface area contributed by atoms with E-state index < -0.39 is 0 Å². The van der Waals surface area contributed by atoms with Gasteiger partial charge in [-0.05, 0) is 5.56 Å². The lowest BCUT2D eigenvalue weighted by Gasteiger charge is -2.01. The van der Waals surface area contributed by atoms with E-state index in [0.717, 1.165) is 17.7 Å². The molecule has 1 heterocycles. The lowest BCUT2D eigenvalue weighted by molar-refractivity contribution is 0.177. The Morgan fingerprint density at radius 3 is 2.75 bits per heavy atom. The predicted octanol–water partition coefficient (Wildman–Crippen LogP) is 1.99. The van der Waals surface area contributed by atoms with Crippen molar-refractivity contribution in [3.8, 4) is 0 Å². The number of nitrogens with zero attached hydrogens (tertiary/aromatic N) is 1. The maximum Gasteiger partial charge on any atom is 0.225 e. The van der Waals surface area contributed by atoms with Crippen molar-refractivity contribution in [2.75, 3.05) is 12.8 Å².